The summed E-state index contributed by atoms with van der Waals surface area (Å²) in [7, 11) is 0. The van der Waals surface area contributed by atoms with Crippen molar-refractivity contribution in [1.29, 1.82) is 5.26 Å². The maximum Gasteiger partial charge on any atom is 0.263 e. The predicted molar refractivity (Wildman–Crippen MR) is 94.8 cm³/mol. The van der Waals surface area contributed by atoms with Crippen LogP contribution >= 0.6 is 0 Å². The lowest BCUT2D eigenvalue weighted by Crippen LogP contribution is -2.28. The van der Waals surface area contributed by atoms with Gasteiger partial charge in [-0.2, -0.15) is 5.26 Å². The molecule has 0 heterocycles. The lowest BCUT2D eigenvalue weighted by atomic mass is 10.1. The lowest BCUT2D eigenvalue weighted by molar-refractivity contribution is -0.117. The number of carbonyl (C=O) groups excluding carboxylic acids is 1. The molecule has 1 atom stereocenters. The largest absolute Gasteiger partial charge is 0.389 e. The van der Waals surface area contributed by atoms with Gasteiger partial charge in [-0.15, -0.1) is 0 Å². The van der Waals surface area contributed by atoms with Gasteiger partial charge in [0.05, 0.1) is 6.04 Å². The maximum absolute atomic E-state index is 12.2. The molecule has 0 bridgehead atoms. The van der Waals surface area contributed by atoms with Crippen LogP contribution in [0.1, 0.15) is 24.1 Å². The number of amides is 1. The number of nitrogens with zero attached hydrogens (tertiary/aromatic N) is 1. The van der Waals surface area contributed by atoms with E-state index in [1.807, 2.05) is 73.7 Å². The Morgan fingerprint density at radius 1 is 1.12 bits per heavy atom. The molecule has 0 aliphatic rings. The second kappa shape index (κ2) is 9.16. The molecule has 0 aliphatic heterocycles. The van der Waals surface area contributed by atoms with E-state index in [0.29, 0.717) is 6.54 Å². The molecule has 0 saturated heterocycles. The van der Waals surface area contributed by atoms with Crippen LogP contribution in [0.3, 0.4) is 0 Å². The zero-order valence-electron chi connectivity index (χ0n) is 13.7. The summed E-state index contributed by atoms with van der Waals surface area (Å²) in [6.45, 7) is 2.56. The van der Waals surface area contributed by atoms with Gasteiger partial charge in [0.2, 0.25) is 0 Å². The highest BCUT2D eigenvalue weighted by atomic mass is 16.1. The van der Waals surface area contributed by atoms with Crippen molar-refractivity contribution in [2.24, 2.45) is 0 Å². The van der Waals surface area contributed by atoms with Gasteiger partial charge < -0.3 is 10.6 Å². The van der Waals surface area contributed by atoms with Crippen molar-refractivity contribution in [3.63, 3.8) is 0 Å². The van der Waals surface area contributed by atoms with Crippen LogP contribution in [0, 0.1) is 11.3 Å². The fourth-order valence-corrected chi connectivity index (χ4v) is 2.28. The topological polar surface area (TPSA) is 64.9 Å². The van der Waals surface area contributed by atoms with Gasteiger partial charge in [0, 0.05) is 12.7 Å². The Hall–Kier alpha value is -3.06. The second-order valence-electron chi connectivity index (χ2n) is 5.47. The van der Waals surface area contributed by atoms with Gasteiger partial charge in [0.15, 0.2) is 0 Å². The highest BCUT2D eigenvalue weighted by Gasteiger charge is 2.13. The monoisotopic (exact) mass is 319 g/mol. The second-order valence-corrected chi connectivity index (χ2v) is 5.47. The summed E-state index contributed by atoms with van der Waals surface area (Å²) < 4.78 is 0. The quantitative estimate of drug-likeness (QED) is 0.468. The van der Waals surface area contributed by atoms with E-state index in [2.05, 4.69) is 10.6 Å². The Balaban J connectivity index is 1.85. The van der Waals surface area contributed by atoms with E-state index < -0.39 is 0 Å². The summed E-state index contributed by atoms with van der Waals surface area (Å²) in [5, 5.41) is 15.0. The van der Waals surface area contributed by atoms with E-state index in [9.17, 15) is 10.1 Å². The smallest absolute Gasteiger partial charge is 0.263 e. The molecule has 0 saturated carbocycles. The number of carbonyl (C=O) groups is 1. The predicted octanol–water partition coefficient (Wildman–Crippen LogP) is 3.10. The highest BCUT2D eigenvalue weighted by Crippen LogP contribution is 2.11. The van der Waals surface area contributed by atoms with Gasteiger partial charge in [-0.3, -0.25) is 4.79 Å². The first-order chi connectivity index (χ1) is 11.7. The minimum Gasteiger partial charge on any atom is -0.389 e. The minimum atomic E-state index is -0.374. The van der Waals surface area contributed by atoms with Crippen molar-refractivity contribution in [3.05, 3.63) is 83.6 Å². The van der Waals surface area contributed by atoms with Gasteiger partial charge >= 0.3 is 0 Å². The van der Waals surface area contributed by atoms with Crippen molar-refractivity contribution in [2.45, 2.75) is 19.4 Å². The fourth-order valence-electron chi connectivity index (χ4n) is 2.28. The molecule has 0 fully saturated rings. The highest BCUT2D eigenvalue weighted by molar-refractivity contribution is 5.97. The molecule has 4 heteroatoms. The summed E-state index contributed by atoms with van der Waals surface area (Å²) in [4.78, 5) is 12.2. The summed E-state index contributed by atoms with van der Waals surface area (Å²) in [6, 6.07) is 21.5. The van der Waals surface area contributed by atoms with E-state index in [4.69, 9.17) is 0 Å². The molecule has 122 valence electrons. The number of hydrogen-bond acceptors (Lipinski definition) is 3. The van der Waals surface area contributed by atoms with E-state index in [0.717, 1.165) is 12.0 Å². The number of benzene rings is 2. The molecule has 2 rings (SSSR count). The standard InChI is InChI=1S/C20H21N3O/c1-16(18-10-6-3-7-11-18)23-20(24)19(14-21)15-22-13-12-17-8-4-2-5-9-17/h2-11,15-16,22H,12-13H2,1H3,(H,23,24)/b19-15-. The summed E-state index contributed by atoms with van der Waals surface area (Å²) in [6.07, 6.45) is 2.31. The molecular formula is C20H21N3O. The first-order valence-electron chi connectivity index (χ1n) is 7.94. The van der Waals surface area contributed by atoms with Crippen molar-refractivity contribution < 1.29 is 4.79 Å². The Labute approximate surface area is 142 Å². The Bertz CT molecular complexity index is 718. The third kappa shape index (κ3) is 5.29. The summed E-state index contributed by atoms with van der Waals surface area (Å²) in [5.74, 6) is -0.374. The van der Waals surface area contributed by atoms with Crippen molar-refractivity contribution in [2.75, 3.05) is 6.54 Å². The SMILES string of the molecule is CC(NC(=O)/C(C#N)=C\NCCc1ccccc1)c1ccccc1. The molecule has 2 aromatic rings. The Kier molecular flexibility index (Phi) is 6.60. The van der Waals surface area contributed by atoms with Crippen LogP contribution in [0.5, 0.6) is 0 Å². The van der Waals surface area contributed by atoms with Crippen LogP contribution < -0.4 is 10.6 Å². The minimum absolute atomic E-state index is 0.0749. The Morgan fingerprint density at radius 2 is 1.75 bits per heavy atom. The van der Waals surface area contributed by atoms with Crippen LogP contribution in [-0.4, -0.2) is 12.5 Å². The molecule has 0 aliphatic carbocycles. The van der Waals surface area contributed by atoms with Gasteiger partial charge in [0.1, 0.15) is 11.6 Å². The van der Waals surface area contributed by atoms with E-state index in [1.165, 1.54) is 11.8 Å². The molecule has 1 amide bonds. The fraction of sp³-hybridized carbons (Fsp3) is 0.200. The summed E-state index contributed by atoms with van der Waals surface area (Å²) in [5.41, 5.74) is 2.28. The average Bonchev–Trinajstić information content (AvgIpc) is 2.63. The summed E-state index contributed by atoms with van der Waals surface area (Å²) >= 11 is 0. The van der Waals surface area contributed by atoms with Gasteiger partial charge in [-0.25, -0.2) is 0 Å². The first-order valence-corrected chi connectivity index (χ1v) is 7.94. The number of nitriles is 1. The molecule has 0 radical (unpaired) electrons. The van der Waals surface area contributed by atoms with E-state index >= 15 is 0 Å². The normalized spacial score (nSPS) is 12.1. The van der Waals surface area contributed by atoms with Crippen molar-refractivity contribution in [3.8, 4) is 6.07 Å². The third-order valence-corrected chi connectivity index (χ3v) is 3.66. The van der Waals surface area contributed by atoms with Crippen LogP contribution in [0.2, 0.25) is 0 Å². The first kappa shape index (κ1) is 17.3. The molecule has 1 unspecified atom stereocenters. The zero-order valence-corrected chi connectivity index (χ0v) is 13.7. The number of hydrogen-bond donors (Lipinski definition) is 2. The molecule has 0 aromatic heterocycles. The van der Waals surface area contributed by atoms with Gasteiger partial charge in [-0.1, -0.05) is 60.7 Å². The molecule has 4 nitrogen and oxygen atoms in total. The van der Waals surface area contributed by atoms with E-state index in [1.54, 1.807) is 0 Å². The van der Waals surface area contributed by atoms with E-state index in [-0.39, 0.29) is 17.5 Å². The molecule has 0 spiro atoms. The van der Waals surface area contributed by atoms with Gasteiger partial charge in [-0.05, 0) is 24.5 Å². The number of rotatable bonds is 7. The van der Waals surface area contributed by atoms with Crippen LogP contribution in [0.15, 0.2) is 72.4 Å². The zero-order chi connectivity index (χ0) is 17.2. The molecule has 2 N–H and O–H groups in total. The maximum atomic E-state index is 12.2. The van der Waals surface area contributed by atoms with Crippen LogP contribution in [0.25, 0.3) is 0 Å². The van der Waals surface area contributed by atoms with Crippen LogP contribution in [0.4, 0.5) is 0 Å². The number of nitrogens with one attached hydrogen (secondary N) is 2. The third-order valence-electron chi connectivity index (χ3n) is 3.66. The van der Waals surface area contributed by atoms with Crippen molar-refractivity contribution in [1.82, 2.24) is 10.6 Å². The van der Waals surface area contributed by atoms with Gasteiger partial charge in [0.25, 0.3) is 5.91 Å². The molecular weight excluding hydrogens is 298 g/mol. The molecule has 24 heavy (non-hydrogen) atoms. The van der Waals surface area contributed by atoms with Crippen LogP contribution in [-0.2, 0) is 11.2 Å². The molecule has 2 aromatic carbocycles. The lowest BCUT2D eigenvalue weighted by Gasteiger charge is -2.13. The Morgan fingerprint density at radius 3 is 2.38 bits per heavy atom. The van der Waals surface area contributed by atoms with Crippen molar-refractivity contribution >= 4 is 5.91 Å². The average molecular weight is 319 g/mol.